The van der Waals surface area contributed by atoms with E-state index >= 15 is 0 Å². The molecule has 0 amide bonds. The summed E-state index contributed by atoms with van der Waals surface area (Å²) in [6, 6.07) is 11.2. The van der Waals surface area contributed by atoms with Gasteiger partial charge in [-0.15, -0.1) is 0 Å². The molecule has 0 aliphatic heterocycles. The standard InChI is InChI=1S/C17H23N/c1-15(2,3)13-6-8-14(9-7-13)17(12-18)10-16(4,5)11-17/h6-9H,10-11H2,1-5H3. The zero-order chi connectivity index (χ0) is 13.6. The van der Waals surface area contributed by atoms with Crippen LogP contribution in [0.5, 0.6) is 0 Å². The molecule has 0 heterocycles. The molecule has 1 aromatic rings. The predicted octanol–water partition coefficient (Wildman–Crippen LogP) is 4.57. The molecule has 1 heteroatoms. The quantitative estimate of drug-likeness (QED) is 0.706. The minimum atomic E-state index is -0.236. The zero-order valence-corrected chi connectivity index (χ0v) is 12.2. The lowest BCUT2D eigenvalue weighted by molar-refractivity contribution is 0.0999. The van der Waals surface area contributed by atoms with Crippen molar-refractivity contribution < 1.29 is 0 Å². The second kappa shape index (κ2) is 3.85. The number of hydrogen-bond donors (Lipinski definition) is 0. The molecule has 0 N–H and O–H groups in total. The highest BCUT2D eigenvalue weighted by atomic mass is 14.5. The largest absolute Gasteiger partial charge is 0.197 e. The van der Waals surface area contributed by atoms with Gasteiger partial charge in [0.2, 0.25) is 0 Å². The number of rotatable bonds is 1. The highest BCUT2D eigenvalue weighted by Gasteiger charge is 2.50. The molecule has 1 aliphatic carbocycles. The minimum absolute atomic E-state index is 0.178. The summed E-state index contributed by atoms with van der Waals surface area (Å²) in [5.41, 5.74) is 2.78. The number of benzene rings is 1. The van der Waals surface area contributed by atoms with E-state index in [4.69, 9.17) is 0 Å². The lowest BCUT2D eigenvalue weighted by Crippen LogP contribution is -2.45. The van der Waals surface area contributed by atoms with Gasteiger partial charge in [-0.1, -0.05) is 58.9 Å². The van der Waals surface area contributed by atoms with E-state index in [-0.39, 0.29) is 10.8 Å². The van der Waals surface area contributed by atoms with Crippen LogP contribution in [0.25, 0.3) is 0 Å². The van der Waals surface area contributed by atoms with Crippen molar-refractivity contribution >= 4 is 0 Å². The first-order valence-corrected chi connectivity index (χ1v) is 6.71. The van der Waals surface area contributed by atoms with E-state index in [1.807, 2.05) is 0 Å². The van der Waals surface area contributed by atoms with E-state index < -0.39 is 0 Å². The van der Waals surface area contributed by atoms with Gasteiger partial charge < -0.3 is 0 Å². The molecule has 0 radical (unpaired) electrons. The van der Waals surface area contributed by atoms with Gasteiger partial charge in [-0.3, -0.25) is 0 Å². The molecule has 2 rings (SSSR count). The smallest absolute Gasteiger partial charge is 0.0832 e. The first-order valence-electron chi connectivity index (χ1n) is 6.71. The molecular weight excluding hydrogens is 218 g/mol. The van der Waals surface area contributed by atoms with Crippen molar-refractivity contribution in [2.75, 3.05) is 0 Å². The van der Waals surface area contributed by atoms with Gasteiger partial charge >= 0.3 is 0 Å². The van der Waals surface area contributed by atoms with Crippen molar-refractivity contribution in [1.82, 2.24) is 0 Å². The summed E-state index contributed by atoms with van der Waals surface area (Å²) in [5, 5.41) is 9.50. The maximum Gasteiger partial charge on any atom is 0.0832 e. The molecule has 0 atom stereocenters. The molecule has 0 unspecified atom stereocenters. The lowest BCUT2D eigenvalue weighted by atomic mass is 9.52. The Morgan fingerprint density at radius 1 is 1.06 bits per heavy atom. The van der Waals surface area contributed by atoms with Gasteiger partial charge in [0.25, 0.3) is 0 Å². The van der Waals surface area contributed by atoms with E-state index in [0.717, 1.165) is 12.8 Å². The van der Waals surface area contributed by atoms with Crippen molar-refractivity contribution in [2.24, 2.45) is 5.41 Å². The molecule has 1 aromatic carbocycles. The van der Waals surface area contributed by atoms with Crippen LogP contribution in [0.2, 0.25) is 0 Å². The van der Waals surface area contributed by atoms with E-state index in [0.29, 0.717) is 5.41 Å². The fraction of sp³-hybridized carbons (Fsp3) is 0.588. The minimum Gasteiger partial charge on any atom is -0.197 e. The molecule has 0 spiro atoms. The number of hydrogen-bond acceptors (Lipinski definition) is 1. The van der Waals surface area contributed by atoms with Crippen LogP contribution in [-0.4, -0.2) is 0 Å². The second-order valence-corrected chi connectivity index (χ2v) is 7.54. The van der Waals surface area contributed by atoms with Gasteiger partial charge in [0.15, 0.2) is 0 Å². The Bertz CT molecular complexity index is 472. The van der Waals surface area contributed by atoms with Crippen LogP contribution in [0.1, 0.15) is 58.6 Å². The highest BCUT2D eigenvalue weighted by Crippen LogP contribution is 2.55. The topological polar surface area (TPSA) is 23.8 Å². The van der Waals surface area contributed by atoms with E-state index in [2.05, 4.69) is 65.0 Å². The Labute approximate surface area is 111 Å². The Morgan fingerprint density at radius 2 is 1.56 bits per heavy atom. The fourth-order valence-corrected chi connectivity index (χ4v) is 3.22. The Kier molecular flexibility index (Phi) is 2.81. The molecule has 18 heavy (non-hydrogen) atoms. The molecule has 0 bridgehead atoms. The van der Waals surface area contributed by atoms with Crippen molar-refractivity contribution in [3.05, 3.63) is 35.4 Å². The summed E-state index contributed by atoms with van der Waals surface area (Å²) in [5.74, 6) is 0. The first kappa shape index (κ1) is 13.1. The summed E-state index contributed by atoms with van der Waals surface area (Å²) in [7, 11) is 0. The third kappa shape index (κ3) is 2.17. The Balaban J connectivity index is 2.28. The third-order valence-electron chi connectivity index (χ3n) is 4.08. The van der Waals surface area contributed by atoms with E-state index in [9.17, 15) is 5.26 Å². The van der Waals surface area contributed by atoms with Crippen molar-refractivity contribution in [3.8, 4) is 6.07 Å². The molecule has 96 valence electrons. The molecule has 0 saturated heterocycles. The van der Waals surface area contributed by atoms with Crippen molar-refractivity contribution in [3.63, 3.8) is 0 Å². The molecule has 1 saturated carbocycles. The normalized spacial score (nSPS) is 20.9. The van der Waals surface area contributed by atoms with Gasteiger partial charge in [0.1, 0.15) is 0 Å². The lowest BCUT2D eigenvalue weighted by Gasteiger charge is -2.49. The predicted molar refractivity (Wildman–Crippen MR) is 75.4 cm³/mol. The fourth-order valence-electron chi connectivity index (χ4n) is 3.22. The Hall–Kier alpha value is -1.29. The van der Waals surface area contributed by atoms with Gasteiger partial charge in [-0.2, -0.15) is 5.26 Å². The van der Waals surface area contributed by atoms with Gasteiger partial charge in [-0.25, -0.2) is 0 Å². The van der Waals surface area contributed by atoms with Crippen LogP contribution in [-0.2, 0) is 10.8 Å². The van der Waals surface area contributed by atoms with Crippen LogP contribution in [0.4, 0.5) is 0 Å². The number of nitrogens with zero attached hydrogens (tertiary/aromatic N) is 1. The molecule has 1 fully saturated rings. The van der Waals surface area contributed by atoms with Crippen LogP contribution in [0.15, 0.2) is 24.3 Å². The van der Waals surface area contributed by atoms with E-state index in [1.54, 1.807) is 0 Å². The van der Waals surface area contributed by atoms with E-state index in [1.165, 1.54) is 11.1 Å². The molecule has 1 aliphatic rings. The van der Waals surface area contributed by atoms with Gasteiger partial charge in [0.05, 0.1) is 11.5 Å². The van der Waals surface area contributed by atoms with Crippen molar-refractivity contribution in [2.45, 2.75) is 58.3 Å². The summed E-state index contributed by atoms with van der Waals surface area (Å²) < 4.78 is 0. The van der Waals surface area contributed by atoms with Gasteiger partial charge in [-0.05, 0) is 34.8 Å². The zero-order valence-electron chi connectivity index (χ0n) is 12.2. The average molecular weight is 241 g/mol. The summed E-state index contributed by atoms with van der Waals surface area (Å²) in [4.78, 5) is 0. The molecule has 1 nitrogen and oxygen atoms in total. The van der Waals surface area contributed by atoms with Crippen LogP contribution in [0.3, 0.4) is 0 Å². The second-order valence-electron chi connectivity index (χ2n) is 7.54. The summed E-state index contributed by atoms with van der Waals surface area (Å²) in [6.45, 7) is 11.1. The van der Waals surface area contributed by atoms with Crippen LogP contribution >= 0.6 is 0 Å². The average Bonchev–Trinajstić information content (AvgIpc) is 2.24. The maximum absolute atomic E-state index is 9.50. The molecular formula is C17H23N. The maximum atomic E-state index is 9.50. The summed E-state index contributed by atoms with van der Waals surface area (Å²) in [6.07, 6.45) is 1.96. The highest BCUT2D eigenvalue weighted by molar-refractivity contribution is 5.40. The van der Waals surface area contributed by atoms with Crippen LogP contribution < -0.4 is 0 Å². The summed E-state index contributed by atoms with van der Waals surface area (Å²) >= 11 is 0. The Morgan fingerprint density at radius 3 is 1.89 bits per heavy atom. The van der Waals surface area contributed by atoms with Crippen molar-refractivity contribution in [1.29, 1.82) is 5.26 Å². The SMILES string of the molecule is CC1(C)CC(C#N)(c2ccc(C(C)(C)C)cc2)C1. The molecule has 0 aromatic heterocycles. The third-order valence-corrected chi connectivity index (χ3v) is 4.08. The first-order chi connectivity index (χ1) is 8.19. The van der Waals surface area contributed by atoms with Gasteiger partial charge in [0, 0.05) is 0 Å². The van der Waals surface area contributed by atoms with Crippen LogP contribution in [0, 0.1) is 16.7 Å². The monoisotopic (exact) mass is 241 g/mol. The number of nitriles is 1.